The molecule has 1 heterocycles. The molecule has 0 N–H and O–H groups in total. The fraction of sp³-hybridized carbons (Fsp3) is 0.118. The summed E-state index contributed by atoms with van der Waals surface area (Å²) in [5, 5.41) is 0. The summed E-state index contributed by atoms with van der Waals surface area (Å²) in [5.41, 5.74) is 7.04. The standard InChI is InChI=1S/C17H15BOS/c1-12-3-7-16-14(9-12)5-6-15-10-13(11-19)4-8-17(15)18(16)20-2/h3-11H,1-2H3. The third-order valence-corrected chi connectivity index (χ3v) is 4.71. The summed E-state index contributed by atoms with van der Waals surface area (Å²) in [6.45, 7) is 2.12. The van der Waals surface area contributed by atoms with Crippen molar-refractivity contribution in [1.82, 2.24) is 0 Å². The van der Waals surface area contributed by atoms with E-state index in [2.05, 4.69) is 49.6 Å². The van der Waals surface area contributed by atoms with E-state index in [1.807, 2.05) is 23.7 Å². The number of hydrogen-bond donors (Lipinski definition) is 0. The molecule has 0 fully saturated rings. The number of carbonyl (C=O) groups is 1. The minimum atomic E-state index is 0.316. The van der Waals surface area contributed by atoms with Crippen LogP contribution in [0.2, 0.25) is 0 Å². The summed E-state index contributed by atoms with van der Waals surface area (Å²) >= 11 is 1.84. The van der Waals surface area contributed by atoms with E-state index in [9.17, 15) is 4.79 Å². The van der Waals surface area contributed by atoms with Gasteiger partial charge in [0.2, 0.25) is 0 Å². The lowest BCUT2D eigenvalue weighted by Gasteiger charge is -2.15. The number of fused-ring (bicyclic) bond motifs is 2. The van der Waals surface area contributed by atoms with Crippen LogP contribution in [0.4, 0.5) is 0 Å². The van der Waals surface area contributed by atoms with Crippen molar-refractivity contribution in [2.75, 3.05) is 6.26 Å². The van der Waals surface area contributed by atoms with Crippen molar-refractivity contribution in [3.05, 3.63) is 58.7 Å². The van der Waals surface area contributed by atoms with Gasteiger partial charge in [0.25, 0.3) is 5.99 Å². The molecule has 0 unspecified atom stereocenters. The second kappa shape index (κ2) is 5.33. The Hall–Kier alpha value is -1.74. The van der Waals surface area contributed by atoms with Crippen LogP contribution in [0.1, 0.15) is 27.0 Å². The van der Waals surface area contributed by atoms with Crippen LogP contribution in [0.25, 0.3) is 12.2 Å². The highest BCUT2D eigenvalue weighted by atomic mass is 32.2. The lowest BCUT2D eigenvalue weighted by molar-refractivity contribution is 0.112. The highest BCUT2D eigenvalue weighted by Gasteiger charge is 2.24. The van der Waals surface area contributed by atoms with E-state index >= 15 is 0 Å². The Kier molecular flexibility index (Phi) is 3.54. The van der Waals surface area contributed by atoms with E-state index in [-0.39, 0.29) is 0 Å². The second-order valence-electron chi connectivity index (χ2n) is 5.09. The molecule has 0 bridgehead atoms. The van der Waals surface area contributed by atoms with Crippen LogP contribution < -0.4 is 10.9 Å². The normalized spacial score (nSPS) is 12.6. The minimum Gasteiger partial charge on any atom is -0.298 e. The van der Waals surface area contributed by atoms with Crippen molar-refractivity contribution in [3.8, 4) is 0 Å². The molecule has 0 spiro atoms. The van der Waals surface area contributed by atoms with Gasteiger partial charge < -0.3 is 0 Å². The number of rotatable bonds is 2. The van der Waals surface area contributed by atoms with Crippen LogP contribution in [-0.2, 0) is 0 Å². The molecule has 2 aromatic carbocycles. The predicted octanol–water partition coefficient (Wildman–Crippen LogP) is 2.76. The quantitative estimate of drug-likeness (QED) is 0.620. The molecule has 0 saturated carbocycles. The van der Waals surface area contributed by atoms with Gasteiger partial charge in [0.05, 0.1) is 0 Å². The Labute approximate surface area is 124 Å². The molecule has 3 rings (SSSR count). The third-order valence-electron chi connectivity index (χ3n) is 3.73. The molecule has 1 aliphatic heterocycles. The largest absolute Gasteiger partial charge is 0.298 e. The molecule has 0 aromatic heterocycles. The maximum Gasteiger partial charge on any atom is 0.275 e. The third kappa shape index (κ3) is 2.23. The molecular weight excluding hydrogens is 263 g/mol. The van der Waals surface area contributed by atoms with Crippen molar-refractivity contribution in [1.29, 1.82) is 0 Å². The van der Waals surface area contributed by atoms with E-state index in [1.165, 1.54) is 22.1 Å². The molecule has 98 valence electrons. The van der Waals surface area contributed by atoms with Gasteiger partial charge in [0.15, 0.2) is 0 Å². The molecule has 0 saturated heterocycles. The summed E-state index contributed by atoms with van der Waals surface area (Å²) in [6.07, 6.45) is 7.32. The highest BCUT2D eigenvalue weighted by molar-refractivity contribution is 8.27. The average Bonchev–Trinajstić information content (AvgIpc) is 2.62. The van der Waals surface area contributed by atoms with Gasteiger partial charge in [-0.15, -0.1) is 0 Å². The zero-order chi connectivity index (χ0) is 14.1. The lowest BCUT2D eigenvalue weighted by Crippen LogP contribution is -2.41. The second-order valence-corrected chi connectivity index (χ2v) is 6.03. The summed E-state index contributed by atoms with van der Waals surface area (Å²) in [7, 11) is 0. The van der Waals surface area contributed by atoms with Gasteiger partial charge in [0.1, 0.15) is 6.29 Å². The monoisotopic (exact) mass is 278 g/mol. The van der Waals surface area contributed by atoms with Gasteiger partial charge in [-0.2, -0.15) is 0 Å². The Balaban J connectivity index is 2.22. The zero-order valence-electron chi connectivity index (χ0n) is 11.6. The van der Waals surface area contributed by atoms with Crippen molar-refractivity contribution >= 4 is 47.0 Å². The first kappa shape index (κ1) is 13.3. The summed E-state index contributed by atoms with van der Waals surface area (Å²) in [4.78, 5) is 11.0. The van der Waals surface area contributed by atoms with Crippen molar-refractivity contribution < 1.29 is 4.79 Å². The summed E-state index contributed by atoms with van der Waals surface area (Å²) in [6, 6.07) is 12.6. The molecule has 20 heavy (non-hydrogen) atoms. The Morgan fingerprint density at radius 2 is 1.65 bits per heavy atom. The fourth-order valence-corrected chi connectivity index (χ4v) is 3.67. The Morgan fingerprint density at radius 1 is 1.00 bits per heavy atom. The first-order valence-electron chi connectivity index (χ1n) is 6.63. The number of aldehydes is 1. The van der Waals surface area contributed by atoms with E-state index in [1.54, 1.807) is 0 Å². The van der Waals surface area contributed by atoms with E-state index < -0.39 is 0 Å². The molecular formula is C17H15BOS. The molecule has 2 aromatic rings. The van der Waals surface area contributed by atoms with E-state index in [0.717, 1.165) is 17.4 Å². The van der Waals surface area contributed by atoms with E-state index in [4.69, 9.17) is 0 Å². The van der Waals surface area contributed by atoms with Crippen molar-refractivity contribution in [2.45, 2.75) is 6.92 Å². The van der Waals surface area contributed by atoms with Gasteiger partial charge in [-0.05, 0) is 30.4 Å². The van der Waals surface area contributed by atoms with E-state index in [0.29, 0.717) is 5.99 Å². The molecule has 1 nitrogen and oxygen atoms in total. The lowest BCUT2D eigenvalue weighted by atomic mass is 9.59. The van der Waals surface area contributed by atoms with Crippen LogP contribution in [0.15, 0.2) is 36.4 Å². The van der Waals surface area contributed by atoms with Crippen LogP contribution in [0.3, 0.4) is 0 Å². The predicted molar refractivity (Wildman–Crippen MR) is 90.5 cm³/mol. The summed E-state index contributed by atoms with van der Waals surface area (Å²) < 4.78 is 0. The van der Waals surface area contributed by atoms with Crippen LogP contribution >= 0.6 is 11.6 Å². The molecule has 0 aliphatic carbocycles. The number of carbonyl (C=O) groups excluding carboxylic acids is 1. The fourth-order valence-electron chi connectivity index (χ4n) is 2.73. The first-order valence-corrected chi connectivity index (χ1v) is 7.92. The minimum absolute atomic E-state index is 0.316. The molecule has 0 amide bonds. The number of benzene rings is 2. The van der Waals surface area contributed by atoms with Gasteiger partial charge in [0, 0.05) is 5.56 Å². The molecule has 1 aliphatic rings. The maximum absolute atomic E-state index is 11.0. The van der Waals surface area contributed by atoms with Gasteiger partial charge in [-0.3, -0.25) is 4.79 Å². The SMILES string of the molecule is CSB1c2ccc(C)cc2C=Cc2cc(C=O)ccc21. The van der Waals surface area contributed by atoms with Gasteiger partial charge in [-0.1, -0.05) is 59.0 Å². The maximum atomic E-state index is 11.0. The van der Waals surface area contributed by atoms with Crippen LogP contribution in [0, 0.1) is 6.92 Å². The van der Waals surface area contributed by atoms with Crippen LogP contribution in [-0.4, -0.2) is 18.5 Å². The van der Waals surface area contributed by atoms with Gasteiger partial charge >= 0.3 is 0 Å². The zero-order valence-corrected chi connectivity index (χ0v) is 12.4. The van der Waals surface area contributed by atoms with Gasteiger partial charge in [-0.25, -0.2) is 11.6 Å². The molecule has 0 atom stereocenters. The topological polar surface area (TPSA) is 17.1 Å². The molecule has 0 radical (unpaired) electrons. The Bertz CT molecular complexity index is 706. The van der Waals surface area contributed by atoms with Crippen LogP contribution in [0.5, 0.6) is 0 Å². The summed E-state index contributed by atoms with van der Waals surface area (Å²) in [5.74, 6) is 0.316. The smallest absolute Gasteiger partial charge is 0.275 e. The Morgan fingerprint density at radius 3 is 2.30 bits per heavy atom. The highest BCUT2D eigenvalue weighted by Crippen LogP contribution is 2.18. The number of aryl methyl sites for hydroxylation is 1. The average molecular weight is 278 g/mol. The van der Waals surface area contributed by atoms with Crippen molar-refractivity contribution in [3.63, 3.8) is 0 Å². The number of hydrogen-bond acceptors (Lipinski definition) is 2. The first-order chi connectivity index (χ1) is 9.72. The van der Waals surface area contributed by atoms with Crippen molar-refractivity contribution in [2.24, 2.45) is 0 Å². The molecule has 3 heteroatoms.